The lowest BCUT2D eigenvalue weighted by Gasteiger charge is -2.20. The van der Waals surface area contributed by atoms with Crippen LogP contribution in [0.1, 0.15) is 21.5 Å². The van der Waals surface area contributed by atoms with Crippen molar-refractivity contribution >= 4 is 21.6 Å². The summed E-state index contributed by atoms with van der Waals surface area (Å²) in [5, 5.41) is 12.3. The zero-order valence-electron chi connectivity index (χ0n) is 16.9. The number of aromatic hydroxyl groups is 1. The Morgan fingerprint density at radius 2 is 1.67 bits per heavy atom. The maximum Gasteiger partial charge on any atom is 0.264 e. The molecule has 0 saturated heterocycles. The molecule has 2 N–H and O–H groups in total. The van der Waals surface area contributed by atoms with Gasteiger partial charge in [0.05, 0.1) is 10.6 Å². The van der Waals surface area contributed by atoms with Gasteiger partial charge in [0.25, 0.3) is 15.9 Å². The summed E-state index contributed by atoms with van der Waals surface area (Å²) in [5.41, 5.74) is 2.81. The predicted octanol–water partition coefficient (Wildman–Crippen LogP) is 3.50. The molecule has 6 nitrogen and oxygen atoms in total. The van der Waals surface area contributed by atoms with Crippen molar-refractivity contribution in [2.75, 3.05) is 17.9 Å². The first kappa shape index (κ1) is 21.4. The van der Waals surface area contributed by atoms with Gasteiger partial charge in [-0.05, 0) is 67.4 Å². The molecule has 0 fully saturated rings. The second-order valence-corrected chi connectivity index (χ2v) is 8.98. The second kappa shape index (κ2) is 9.00. The smallest absolute Gasteiger partial charge is 0.264 e. The number of phenols is 1. The first-order valence-electron chi connectivity index (χ1n) is 9.49. The molecule has 0 spiro atoms. The number of rotatable bonds is 7. The topological polar surface area (TPSA) is 86.7 Å². The third-order valence-electron chi connectivity index (χ3n) is 4.78. The van der Waals surface area contributed by atoms with Crippen LogP contribution in [0.3, 0.4) is 0 Å². The van der Waals surface area contributed by atoms with Crippen LogP contribution >= 0.6 is 0 Å². The summed E-state index contributed by atoms with van der Waals surface area (Å²) < 4.78 is 26.8. The van der Waals surface area contributed by atoms with Crippen molar-refractivity contribution in [1.82, 2.24) is 5.32 Å². The lowest BCUT2D eigenvalue weighted by atomic mass is 10.1. The van der Waals surface area contributed by atoms with E-state index in [-0.39, 0.29) is 16.6 Å². The highest BCUT2D eigenvalue weighted by molar-refractivity contribution is 7.92. The molecule has 0 aliphatic rings. The Labute approximate surface area is 176 Å². The molecule has 156 valence electrons. The van der Waals surface area contributed by atoms with Crippen molar-refractivity contribution in [2.45, 2.75) is 18.2 Å². The van der Waals surface area contributed by atoms with Gasteiger partial charge in [-0.3, -0.25) is 9.10 Å². The van der Waals surface area contributed by atoms with Crippen molar-refractivity contribution in [1.29, 1.82) is 0 Å². The minimum absolute atomic E-state index is 0.194. The molecule has 1 amide bonds. The van der Waals surface area contributed by atoms with Gasteiger partial charge in [0.15, 0.2) is 0 Å². The van der Waals surface area contributed by atoms with Gasteiger partial charge in [-0.1, -0.05) is 29.8 Å². The highest BCUT2D eigenvalue weighted by atomic mass is 32.2. The molecular weight excluding hydrogens is 400 g/mol. The normalized spacial score (nSPS) is 11.1. The van der Waals surface area contributed by atoms with E-state index >= 15 is 0 Å². The van der Waals surface area contributed by atoms with E-state index < -0.39 is 10.0 Å². The van der Waals surface area contributed by atoms with Crippen molar-refractivity contribution in [3.05, 3.63) is 89.5 Å². The van der Waals surface area contributed by atoms with E-state index in [1.807, 2.05) is 13.0 Å². The van der Waals surface area contributed by atoms with Crippen LogP contribution in [0.4, 0.5) is 5.69 Å². The summed E-state index contributed by atoms with van der Waals surface area (Å²) in [6, 6.07) is 20.0. The fourth-order valence-corrected chi connectivity index (χ4v) is 4.16. The van der Waals surface area contributed by atoms with E-state index in [0.717, 1.165) is 11.1 Å². The van der Waals surface area contributed by atoms with E-state index in [0.29, 0.717) is 24.2 Å². The number of phenolic OH excluding ortho intramolecular Hbond substituents is 1. The molecule has 3 aromatic rings. The summed E-state index contributed by atoms with van der Waals surface area (Å²) in [7, 11) is -2.19. The van der Waals surface area contributed by atoms with Crippen molar-refractivity contribution in [2.24, 2.45) is 0 Å². The van der Waals surface area contributed by atoms with Gasteiger partial charge in [0.1, 0.15) is 5.75 Å². The average molecular weight is 425 g/mol. The minimum Gasteiger partial charge on any atom is -0.508 e. The van der Waals surface area contributed by atoms with Gasteiger partial charge in [-0.15, -0.1) is 0 Å². The number of carbonyl (C=O) groups excluding carboxylic acids is 1. The van der Waals surface area contributed by atoms with Crippen LogP contribution in [0.15, 0.2) is 77.7 Å². The van der Waals surface area contributed by atoms with Crippen LogP contribution < -0.4 is 9.62 Å². The molecule has 0 aliphatic heterocycles. The Hall–Kier alpha value is -3.32. The molecule has 0 bridgehead atoms. The molecule has 0 aliphatic carbocycles. The van der Waals surface area contributed by atoms with E-state index in [1.54, 1.807) is 66.7 Å². The molecule has 30 heavy (non-hydrogen) atoms. The zero-order valence-corrected chi connectivity index (χ0v) is 17.7. The van der Waals surface area contributed by atoms with Crippen molar-refractivity contribution in [3.63, 3.8) is 0 Å². The number of nitrogens with zero attached hydrogens (tertiary/aromatic N) is 1. The Kier molecular flexibility index (Phi) is 6.42. The lowest BCUT2D eigenvalue weighted by molar-refractivity contribution is 0.0954. The second-order valence-electron chi connectivity index (χ2n) is 7.01. The Morgan fingerprint density at radius 1 is 1.00 bits per heavy atom. The van der Waals surface area contributed by atoms with E-state index in [2.05, 4.69) is 5.32 Å². The molecule has 0 radical (unpaired) electrons. The van der Waals surface area contributed by atoms with Crippen LogP contribution in [0.2, 0.25) is 0 Å². The summed E-state index contributed by atoms with van der Waals surface area (Å²) in [6.07, 6.45) is 0.593. The number of amides is 1. The molecule has 3 rings (SSSR count). The molecule has 0 saturated carbocycles. The maximum atomic E-state index is 12.8. The maximum absolute atomic E-state index is 12.8. The number of carbonyl (C=O) groups is 1. The van der Waals surface area contributed by atoms with Gasteiger partial charge in [0, 0.05) is 19.2 Å². The first-order valence-corrected chi connectivity index (χ1v) is 10.9. The van der Waals surface area contributed by atoms with Gasteiger partial charge < -0.3 is 10.4 Å². The summed E-state index contributed by atoms with van der Waals surface area (Å²) in [5.74, 6) is -0.0510. The molecule has 0 atom stereocenters. The third kappa shape index (κ3) is 4.99. The van der Waals surface area contributed by atoms with Crippen LogP contribution in [-0.4, -0.2) is 33.0 Å². The molecule has 0 heterocycles. The van der Waals surface area contributed by atoms with E-state index in [4.69, 9.17) is 0 Å². The summed E-state index contributed by atoms with van der Waals surface area (Å²) in [6.45, 7) is 2.32. The van der Waals surface area contributed by atoms with Gasteiger partial charge in [-0.2, -0.15) is 0 Å². The lowest BCUT2D eigenvalue weighted by Crippen LogP contribution is -2.27. The average Bonchev–Trinajstić information content (AvgIpc) is 2.73. The summed E-state index contributed by atoms with van der Waals surface area (Å²) >= 11 is 0. The van der Waals surface area contributed by atoms with Crippen LogP contribution in [0.25, 0.3) is 0 Å². The SMILES string of the molecule is Cc1ccc(S(=O)(=O)N(C)c2ccc(C(=O)NCCc3cccc(O)c3)cc2)cc1. The molecule has 3 aromatic carbocycles. The summed E-state index contributed by atoms with van der Waals surface area (Å²) in [4.78, 5) is 12.6. The Morgan fingerprint density at radius 3 is 2.30 bits per heavy atom. The molecule has 0 unspecified atom stereocenters. The minimum atomic E-state index is -3.68. The number of hydrogen-bond acceptors (Lipinski definition) is 4. The van der Waals surface area contributed by atoms with Crippen LogP contribution in [0, 0.1) is 6.92 Å². The monoisotopic (exact) mass is 424 g/mol. The largest absolute Gasteiger partial charge is 0.508 e. The van der Waals surface area contributed by atoms with Gasteiger partial charge in [-0.25, -0.2) is 8.42 Å². The van der Waals surface area contributed by atoms with Gasteiger partial charge >= 0.3 is 0 Å². The third-order valence-corrected chi connectivity index (χ3v) is 6.58. The number of aryl methyl sites for hydroxylation is 1. The number of sulfonamides is 1. The molecular formula is C23H24N2O4S. The standard InChI is InChI=1S/C23H24N2O4S/c1-17-6-12-22(13-7-17)30(28,29)25(2)20-10-8-19(9-11-20)23(27)24-15-14-18-4-3-5-21(26)16-18/h3-13,16,26H,14-15H2,1-2H3,(H,24,27). The van der Waals surface area contributed by atoms with Crippen LogP contribution in [0.5, 0.6) is 5.75 Å². The predicted molar refractivity (Wildman–Crippen MR) is 117 cm³/mol. The highest BCUT2D eigenvalue weighted by Gasteiger charge is 2.21. The number of benzene rings is 3. The fourth-order valence-electron chi connectivity index (χ4n) is 2.96. The van der Waals surface area contributed by atoms with E-state index in [1.165, 1.54) is 11.4 Å². The number of hydrogen-bond donors (Lipinski definition) is 2. The van der Waals surface area contributed by atoms with Crippen LogP contribution in [-0.2, 0) is 16.4 Å². The van der Waals surface area contributed by atoms with Crippen molar-refractivity contribution in [3.8, 4) is 5.75 Å². The Bertz CT molecular complexity index is 1120. The fraction of sp³-hybridized carbons (Fsp3) is 0.174. The van der Waals surface area contributed by atoms with Gasteiger partial charge in [0.2, 0.25) is 0 Å². The highest BCUT2D eigenvalue weighted by Crippen LogP contribution is 2.22. The molecule has 7 heteroatoms. The quantitative estimate of drug-likeness (QED) is 0.608. The number of anilines is 1. The first-order chi connectivity index (χ1) is 14.3. The zero-order chi connectivity index (χ0) is 21.7. The van der Waals surface area contributed by atoms with Crippen molar-refractivity contribution < 1.29 is 18.3 Å². The molecule has 0 aromatic heterocycles. The number of nitrogens with one attached hydrogen (secondary N) is 1. The van der Waals surface area contributed by atoms with E-state index in [9.17, 15) is 18.3 Å². The Balaban J connectivity index is 1.63.